The summed E-state index contributed by atoms with van der Waals surface area (Å²) in [7, 11) is -0.500. The maximum absolute atomic E-state index is 12.1. The Kier molecular flexibility index (Phi) is 4.14. The van der Waals surface area contributed by atoms with Crippen LogP contribution in [-0.2, 0) is 10.0 Å². The SMILES string of the molecule is CN(C)S(=O)(=O)c1ccc2oc(SCC3CC3(Cl)Cl)nc2c1. The van der Waals surface area contributed by atoms with Crippen LogP contribution >= 0.6 is 35.0 Å². The molecular weight excluding hydrogens is 367 g/mol. The zero-order valence-corrected chi connectivity index (χ0v) is 15.1. The first-order valence-electron chi connectivity index (χ1n) is 6.54. The van der Waals surface area contributed by atoms with E-state index in [4.69, 9.17) is 27.6 Å². The smallest absolute Gasteiger partial charge is 0.256 e. The van der Waals surface area contributed by atoms with Crippen LogP contribution in [0.5, 0.6) is 0 Å². The molecule has 0 spiro atoms. The van der Waals surface area contributed by atoms with Gasteiger partial charge in [-0.05, 0) is 24.6 Å². The van der Waals surface area contributed by atoms with Crippen LogP contribution in [0.1, 0.15) is 6.42 Å². The summed E-state index contributed by atoms with van der Waals surface area (Å²) in [5, 5.41) is 0.491. The molecule has 0 radical (unpaired) electrons. The number of nitrogens with zero attached hydrogens (tertiary/aromatic N) is 2. The fourth-order valence-electron chi connectivity index (χ4n) is 1.94. The zero-order valence-electron chi connectivity index (χ0n) is 11.9. The van der Waals surface area contributed by atoms with Crippen molar-refractivity contribution in [2.75, 3.05) is 19.8 Å². The molecule has 0 saturated heterocycles. The van der Waals surface area contributed by atoms with E-state index in [2.05, 4.69) is 4.98 Å². The van der Waals surface area contributed by atoms with Gasteiger partial charge in [-0.1, -0.05) is 11.8 Å². The average Bonchev–Trinajstić information content (AvgIpc) is 2.87. The molecule has 1 unspecified atom stereocenters. The van der Waals surface area contributed by atoms with Crippen molar-refractivity contribution < 1.29 is 12.8 Å². The highest BCUT2D eigenvalue weighted by Crippen LogP contribution is 2.54. The standard InChI is InChI=1S/C13H14Cl2N2O3S2/c1-17(2)22(18,19)9-3-4-11-10(5-9)16-12(20-11)21-7-8-6-13(8,14)15/h3-5,8H,6-7H2,1-2H3. The molecular formula is C13H14Cl2N2O3S2. The summed E-state index contributed by atoms with van der Waals surface area (Å²) >= 11 is 13.4. The molecule has 1 fully saturated rings. The summed E-state index contributed by atoms with van der Waals surface area (Å²) in [6.45, 7) is 0. The molecule has 1 aromatic heterocycles. The molecule has 5 nitrogen and oxygen atoms in total. The lowest BCUT2D eigenvalue weighted by Crippen LogP contribution is -2.22. The molecule has 1 saturated carbocycles. The van der Waals surface area contributed by atoms with Crippen molar-refractivity contribution in [2.24, 2.45) is 5.92 Å². The number of sulfonamides is 1. The molecule has 1 aliphatic carbocycles. The van der Waals surface area contributed by atoms with Crippen molar-refractivity contribution in [3.05, 3.63) is 18.2 Å². The van der Waals surface area contributed by atoms with Crippen molar-refractivity contribution >= 4 is 56.1 Å². The van der Waals surface area contributed by atoms with Gasteiger partial charge in [-0.15, -0.1) is 23.2 Å². The molecule has 0 N–H and O–H groups in total. The molecule has 1 atom stereocenters. The Labute approximate surface area is 143 Å². The normalized spacial score (nSPS) is 20.7. The number of hydrogen-bond donors (Lipinski definition) is 0. The van der Waals surface area contributed by atoms with Crippen LogP contribution in [0.15, 0.2) is 32.7 Å². The monoisotopic (exact) mass is 380 g/mol. The van der Waals surface area contributed by atoms with Crippen LogP contribution in [-0.4, -0.2) is 41.9 Å². The van der Waals surface area contributed by atoms with Crippen molar-refractivity contribution in [1.29, 1.82) is 0 Å². The highest BCUT2D eigenvalue weighted by Gasteiger charge is 2.51. The first-order chi connectivity index (χ1) is 10.2. The number of rotatable bonds is 5. The van der Waals surface area contributed by atoms with Gasteiger partial charge in [0.25, 0.3) is 5.22 Å². The zero-order chi connectivity index (χ0) is 16.1. The molecule has 1 aliphatic rings. The Morgan fingerprint density at radius 2 is 2.14 bits per heavy atom. The minimum atomic E-state index is -3.48. The third kappa shape index (κ3) is 3.10. The predicted molar refractivity (Wildman–Crippen MR) is 88.1 cm³/mol. The van der Waals surface area contributed by atoms with Crippen LogP contribution < -0.4 is 0 Å². The molecule has 1 heterocycles. The van der Waals surface area contributed by atoms with E-state index in [1.165, 1.54) is 38.0 Å². The van der Waals surface area contributed by atoms with Gasteiger partial charge in [0.2, 0.25) is 10.0 Å². The van der Waals surface area contributed by atoms with E-state index < -0.39 is 14.4 Å². The van der Waals surface area contributed by atoms with Crippen LogP contribution in [0.25, 0.3) is 11.1 Å². The van der Waals surface area contributed by atoms with Crippen molar-refractivity contribution in [1.82, 2.24) is 9.29 Å². The minimum absolute atomic E-state index is 0.192. The number of hydrogen-bond acceptors (Lipinski definition) is 5. The molecule has 0 bridgehead atoms. The highest BCUT2D eigenvalue weighted by atomic mass is 35.5. The third-order valence-electron chi connectivity index (χ3n) is 3.48. The van der Waals surface area contributed by atoms with Gasteiger partial charge in [-0.2, -0.15) is 0 Å². The molecule has 120 valence electrons. The quantitative estimate of drug-likeness (QED) is 0.587. The fourth-order valence-corrected chi connectivity index (χ4v) is 4.63. The number of halogens is 2. The number of aromatic nitrogens is 1. The summed E-state index contributed by atoms with van der Waals surface area (Å²) < 4.78 is 30.4. The lowest BCUT2D eigenvalue weighted by molar-refractivity contribution is 0.489. The second-order valence-electron chi connectivity index (χ2n) is 5.37. The van der Waals surface area contributed by atoms with E-state index >= 15 is 0 Å². The maximum Gasteiger partial charge on any atom is 0.256 e. The number of oxazole rings is 1. The van der Waals surface area contributed by atoms with Gasteiger partial charge >= 0.3 is 0 Å². The van der Waals surface area contributed by atoms with Gasteiger partial charge in [0, 0.05) is 25.8 Å². The summed E-state index contributed by atoms with van der Waals surface area (Å²) in [6.07, 6.45) is 0.772. The van der Waals surface area contributed by atoms with Gasteiger partial charge in [0.1, 0.15) is 9.85 Å². The Morgan fingerprint density at radius 1 is 1.45 bits per heavy atom. The average molecular weight is 381 g/mol. The first kappa shape index (κ1) is 16.4. The molecule has 2 aromatic rings. The minimum Gasteiger partial charge on any atom is -0.431 e. The Balaban J connectivity index is 1.81. The lowest BCUT2D eigenvalue weighted by atomic mass is 10.3. The van der Waals surface area contributed by atoms with Gasteiger partial charge in [-0.25, -0.2) is 17.7 Å². The van der Waals surface area contributed by atoms with E-state index in [9.17, 15) is 8.42 Å². The molecule has 1 aromatic carbocycles. The molecule has 22 heavy (non-hydrogen) atoms. The van der Waals surface area contributed by atoms with Gasteiger partial charge in [-0.3, -0.25) is 0 Å². The number of thioether (sulfide) groups is 1. The second-order valence-corrected chi connectivity index (χ2v) is 10.0. The van der Waals surface area contributed by atoms with Crippen molar-refractivity contribution in [3.8, 4) is 0 Å². The van der Waals surface area contributed by atoms with Crippen LogP contribution in [0.3, 0.4) is 0 Å². The van der Waals surface area contributed by atoms with Crippen molar-refractivity contribution in [2.45, 2.75) is 20.9 Å². The van der Waals surface area contributed by atoms with Crippen LogP contribution in [0.4, 0.5) is 0 Å². The lowest BCUT2D eigenvalue weighted by Gasteiger charge is -2.10. The van der Waals surface area contributed by atoms with E-state index in [1.807, 2.05) is 0 Å². The Hall–Kier alpha value is -0.470. The fraction of sp³-hybridized carbons (Fsp3) is 0.462. The van der Waals surface area contributed by atoms with Crippen molar-refractivity contribution in [3.63, 3.8) is 0 Å². The first-order valence-corrected chi connectivity index (χ1v) is 9.72. The second kappa shape index (κ2) is 5.56. The van der Waals surface area contributed by atoms with Crippen LogP contribution in [0, 0.1) is 5.92 Å². The molecule has 0 aliphatic heterocycles. The van der Waals surface area contributed by atoms with E-state index in [0.717, 1.165) is 16.5 Å². The molecule has 0 amide bonds. The van der Waals surface area contributed by atoms with Gasteiger partial charge in [0.05, 0.1) is 4.90 Å². The number of fused-ring (bicyclic) bond motifs is 1. The largest absolute Gasteiger partial charge is 0.431 e. The highest BCUT2D eigenvalue weighted by molar-refractivity contribution is 7.99. The maximum atomic E-state index is 12.1. The molecule has 3 rings (SSSR count). The summed E-state index contributed by atoms with van der Waals surface area (Å²) in [4.78, 5) is 4.51. The number of alkyl halides is 2. The number of benzene rings is 1. The summed E-state index contributed by atoms with van der Waals surface area (Å²) in [6, 6.07) is 4.65. The topological polar surface area (TPSA) is 63.4 Å². The Morgan fingerprint density at radius 3 is 2.73 bits per heavy atom. The molecule has 9 heteroatoms. The Bertz CT molecular complexity index is 818. The van der Waals surface area contributed by atoms with E-state index in [0.29, 0.717) is 16.3 Å². The van der Waals surface area contributed by atoms with Gasteiger partial charge in [0.15, 0.2) is 5.58 Å². The van der Waals surface area contributed by atoms with E-state index in [-0.39, 0.29) is 10.8 Å². The van der Waals surface area contributed by atoms with Crippen LogP contribution in [0.2, 0.25) is 0 Å². The summed E-state index contributed by atoms with van der Waals surface area (Å²) in [5.74, 6) is 0.961. The predicted octanol–water partition coefficient (Wildman–Crippen LogP) is 3.36. The van der Waals surface area contributed by atoms with Gasteiger partial charge < -0.3 is 4.42 Å². The third-order valence-corrected chi connectivity index (χ3v) is 7.21. The summed E-state index contributed by atoms with van der Waals surface area (Å²) in [5.41, 5.74) is 1.07. The van der Waals surface area contributed by atoms with E-state index in [1.54, 1.807) is 6.07 Å².